The van der Waals surface area contributed by atoms with Crippen molar-refractivity contribution in [3.8, 4) is 0 Å². The summed E-state index contributed by atoms with van der Waals surface area (Å²) in [5.41, 5.74) is 1.06. The van der Waals surface area contributed by atoms with E-state index in [1.807, 2.05) is 6.92 Å². The van der Waals surface area contributed by atoms with Crippen molar-refractivity contribution in [1.29, 1.82) is 0 Å². The normalized spacial score (nSPS) is 18.4. The summed E-state index contributed by atoms with van der Waals surface area (Å²) in [4.78, 5) is 20.6. The number of hydrogen-bond acceptors (Lipinski definition) is 6. The number of nitrogens with zero attached hydrogens (tertiary/aromatic N) is 3. The van der Waals surface area contributed by atoms with Crippen molar-refractivity contribution in [3.63, 3.8) is 0 Å². The first-order chi connectivity index (χ1) is 10.2. The number of amides is 1. The Morgan fingerprint density at radius 3 is 2.55 bits per heavy atom. The van der Waals surface area contributed by atoms with E-state index in [4.69, 9.17) is 0 Å². The lowest BCUT2D eigenvalue weighted by Crippen LogP contribution is -2.53. The molecule has 1 aliphatic rings. The van der Waals surface area contributed by atoms with Crippen LogP contribution in [0.3, 0.4) is 0 Å². The molecule has 9 heteroatoms. The van der Waals surface area contributed by atoms with Crippen molar-refractivity contribution in [2.75, 3.05) is 32.4 Å². The SMILES string of the molecule is Cc1nc(CN2CCN(C(=O)[C@H](C)NS(C)(=O)=O)CC2)cs1. The fourth-order valence-electron chi connectivity index (χ4n) is 2.48. The van der Waals surface area contributed by atoms with Crippen LogP contribution in [0.4, 0.5) is 0 Å². The third-order valence-corrected chi connectivity index (χ3v) is 5.10. The number of carbonyl (C=O) groups is 1. The molecule has 1 amide bonds. The third kappa shape index (κ3) is 5.01. The van der Waals surface area contributed by atoms with E-state index in [0.29, 0.717) is 13.1 Å². The monoisotopic (exact) mass is 346 g/mol. The van der Waals surface area contributed by atoms with Crippen LogP contribution in [0.15, 0.2) is 5.38 Å². The van der Waals surface area contributed by atoms with Gasteiger partial charge < -0.3 is 4.90 Å². The van der Waals surface area contributed by atoms with Gasteiger partial charge in [-0.15, -0.1) is 11.3 Å². The average molecular weight is 346 g/mol. The zero-order chi connectivity index (χ0) is 16.3. The smallest absolute Gasteiger partial charge is 0.240 e. The van der Waals surface area contributed by atoms with E-state index in [2.05, 4.69) is 20.0 Å². The van der Waals surface area contributed by atoms with E-state index < -0.39 is 16.1 Å². The molecule has 1 aromatic rings. The summed E-state index contributed by atoms with van der Waals surface area (Å²) < 4.78 is 24.7. The number of piperazine rings is 1. The molecule has 7 nitrogen and oxygen atoms in total. The van der Waals surface area contributed by atoms with Gasteiger partial charge in [-0.1, -0.05) is 0 Å². The topological polar surface area (TPSA) is 82.6 Å². The first-order valence-corrected chi connectivity index (χ1v) is 9.91. The highest BCUT2D eigenvalue weighted by Crippen LogP contribution is 2.12. The molecule has 0 aliphatic carbocycles. The Balaban J connectivity index is 1.82. The predicted octanol–water partition coefficient (Wildman–Crippen LogP) is 0.0334. The highest BCUT2D eigenvalue weighted by atomic mass is 32.2. The minimum atomic E-state index is -3.37. The number of hydrogen-bond donors (Lipinski definition) is 1. The molecule has 0 radical (unpaired) electrons. The number of rotatable bonds is 5. The van der Waals surface area contributed by atoms with Crippen molar-refractivity contribution < 1.29 is 13.2 Å². The largest absolute Gasteiger partial charge is 0.339 e. The van der Waals surface area contributed by atoms with Gasteiger partial charge in [0, 0.05) is 38.1 Å². The fourth-order valence-corrected chi connectivity index (χ4v) is 3.83. The molecule has 0 bridgehead atoms. The fraction of sp³-hybridized carbons (Fsp3) is 0.692. The van der Waals surface area contributed by atoms with Crippen LogP contribution in [0.2, 0.25) is 0 Å². The van der Waals surface area contributed by atoms with Gasteiger partial charge in [-0.05, 0) is 13.8 Å². The Bertz CT molecular complexity index is 621. The van der Waals surface area contributed by atoms with Crippen molar-refractivity contribution in [2.45, 2.75) is 26.4 Å². The van der Waals surface area contributed by atoms with E-state index in [-0.39, 0.29) is 5.91 Å². The molecule has 124 valence electrons. The Hall–Kier alpha value is -1.03. The summed E-state index contributed by atoms with van der Waals surface area (Å²) >= 11 is 1.64. The third-order valence-electron chi connectivity index (χ3n) is 3.50. The Kier molecular flexibility index (Phi) is 5.54. The molecule has 22 heavy (non-hydrogen) atoms. The lowest BCUT2D eigenvalue weighted by atomic mass is 10.2. The lowest BCUT2D eigenvalue weighted by molar-refractivity contribution is -0.134. The summed E-state index contributed by atoms with van der Waals surface area (Å²) in [6.07, 6.45) is 1.06. The van der Waals surface area contributed by atoms with E-state index in [0.717, 1.165) is 36.6 Å². The molecule has 0 spiro atoms. The van der Waals surface area contributed by atoms with Crippen molar-refractivity contribution >= 4 is 27.3 Å². The molecule has 2 rings (SSSR count). The van der Waals surface area contributed by atoms with E-state index >= 15 is 0 Å². The number of nitrogens with one attached hydrogen (secondary N) is 1. The minimum Gasteiger partial charge on any atom is -0.339 e. The summed E-state index contributed by atoms with van der Waals surface area (Å²) in [6.45, 7) is 7.12. The van der Waals surface area contributed by atoms with Crippen LogP contribution >= 0.6 is 11.3 Å². The summed E-state index contributed by atoms with van der Waals surface area (Å²) in [6, 6.07) is -0.720. The second-order valence-corrected chi connectivity index (χ2v) is 8.41. The zero-order valence-electron chi connectivity index (χ0n) is 13.1. The zero-order valence-corrected chi connectivity index (χ0v) is 14.7. The molecule has 1 fully saturated rings. The maximum Gasteiger partial charge on any atom is 0.240 e. The van der Waals surface area contributed by atoms with Crippen LogP contribution in [-0.4, -0.2) is 67.6 Å². The Morgan fingerprint density at radius 2 is 2.05 bits per heavy atom. The molecule has 1 saturated heterocycles. The van der Waals surface area contributed by atoms with E-state index in [1.165, 1.54) is 0 Å². The molecular weight excluding hydrogens is 324 g/mol. The molecule has 1 N–H and O–H groups in total. The van der Waals surface area contributed by atoms with Crippen LogP contribution in [0.5, 0.6) is 0 Å². The summed E-state index contributed by atoms with van der Waals surface area (Å²) in [5, 5.41) is 3.12. The van der Waals surface area contributed by atoms with Gasteiger partial charge in [0.15, 0.2) is 0 Å². The standard InChI is InChI=1S/C13H22N4O3S2/c1-10(15-22(3,19)20)13(18)17-6-4-16(5-7-17)8-12-9-21-11(2)14-12/h9-10,15H,4-8H2,1-3H3/t10-/m0/s1. The molecule has 1 aromatic heterocycles. The van der Waals surface area contributed by atoms with Gasteiger partial charge >= 0.3 is 0 Å². The van der Waals surface area contributed by atoms with Crippen LogP contribution in [0, 0.1) is 6.92 Å². The summed E-state index contributed by atoms with van der Waals surface area (Å²) in [5.74, 6) is -0.172. The van der Waals surface area contributed by atoms with Crippen LogP contribution in [-0.2, 0) is 21.4 Å². The lowest BCUT2D eigenvalue weighted by Gasteiger charge is -2.35. The first-order valence-electron chi connectivity index (χ1n) is 7.14. The van der Waals surface area contributed by atoms with Gasteiger partial charge in [-0.25, -0.2) is 18.1 Å². The van der Waals surface area contributed by atoms with Gasteiger partial charge in [0.05, 0.1) is 23.0 Å². The second-order valence-electron chi connectivity index (χ2n) is 5.57. The maximum absolute atomic E-state index is 12.2. The first kappa shape index (κ1) is 17.3. The quantitative estimate of drug-likeness (QED) is 0.814. The predicted molar refractivity (Wildman–Crippen MR) is 86.1 cm³/mol. The number of carbonyl (C=O) groups excluding carboxylic acids is 1. The number of sulfonamides is 1. The van der Waals surface area contributed by atoms with Crippen LogP contribution < -0.4 is 4.72 Å². The molecular formula is C13H22N4O3S2. The summed E-state index contributed by atoms with van der Waals surface area (Å²) in [7, 11) is -3.37. The van der Waals surface area contributed by atoms with Gasteiger partial charge in [0.2, 0.25) is 15.9 Å². The van der Waals surface area contributed by atoms with Crippen LogP contribution in [0.1, 0.15) is 17.6 Å². The Morgan fingerprint density at radius 1 is 1.41 bits per heavy atom. The van der Waals surface area contributed by atoms with Crippen molar-refractivity contribution in [3.05, 3.63) is 16.1 Å². The van der Waals surface area contributed by atoms with Crippen LogP contribution in [0.25, 0.3) is 0 Å². The highest BCUT2D eigenvalue weighted by Gasteiger charge is 2.26. The minimum absolute atomic E-state index is 0.172. The molecule has 0 saturated carbocycles. The molecule has 2 heterocycles. The van der Waals surface area contributed by atoms with Gasteiger partial charge in [0.25, 0.3) is 0 Å². The van der Waals surface area contributed by atoms with Crippen molar-refractivity contribution in [2.24, 2.45) is 0 Å². The van der Waals surface area contributed by atoms with E-state index in [1.54, 1.807) is 23.2 Å². The van der Waals surface area contributed by atoms with Gasteiger partial charge in [-0.2, -0.15) is 0 Å². The van der Waals surface area contributed by atoms with Crippen molar-refractivity contribution in [1.82, 2.24) is 19.5 Å². The average Bonchev–Trinajstić information content (AvgIpc) is 2.82. The molecule has 0 aromatic carbocycles. The number of thiazole rings is 1. The number of aryl methyl sites for hydroxylation is 1. The molecule has 1 aliphatic heterocycles. The Labute approximate surface area is 135 Å². The molecule has 0 unspecified atom stereocenters. The molecule has 1 atom stereocenters. The van der Waals surface area contributed by atoms with Gasteiger partial charge in [0.1, 0.15) is 0 Å². The second kappa shape index (κ2) is 7.03. The number of aromatic nitrogens is 1. The van der Waals surface area contributed by atoms with E-state index in [9.17, 15) is 13.2 Å². The highest BCUT2D eigenvalue weighted by molar-refractivity contribution is 7.88. The maximum atomic E-state index is 12.2. The van der Waals surface area contributed by atoms with Gasteiger partial charge in [-0.3, -0.25) is 9.69 Å².